The largest absolute Gasteiger partial charge is 0.396 e. The second-order valence-electron chi connectivity index (χ2n) is 4.90. The van der Waals surface area contributed by atoms with Gasteiger partial charge in [0, 0.05) is 18.9 Å². The fraction of sp³-hybridized carbons (Fsp3) is 0.400. The van der Waals surface area contributed by atoms with Crippen molar-refractivity contribution in [2.75, 3.05) is 18.2 Å². The van der Waals surface area contributed by atoms with Crippen molar-refractivity contribution in [3.63, 3.8) is 0 Å². The number of halogens is 1. The van der Waals surface area contributed by atoms with E-state index in [0.29, 0.717) is 30.1 Å². The van der Waals surface area contributed by atoms with Gasteiger partial charge >= 0.3 is 0 Å². The predicted molar refractivity (Wildman–Crippen MR) is 80.2 cm³/mol. The minimum Gasteiger partial charge on any atom is -0.396 e. The van der Waals surface area contributed by atoms with Gasteiger partial charge in [-0.3, -0.25) is 9.79 Å². The maximum Gasteiger partial charge on any atom is 0.261 e. The summed E-state index contributed by atoms with van der Waals surface area (Å²) in [6, 6.07) is 5.63. The number of amides is 1. The number of rotatable bonds is 5. The van der Waals surface area contributed by atoms with Crippen LogP contribution in [-0.2, 0) is 4.79 Å². The number of carbonyl (C=O) groups is 1. The van der Waals surface area contributed by atoms with E-state index in [4.69, 9.17) is 5.11 Å². The number of nitrogens with zero attached hydrogens (tertiary/aromatic N) is 3. The van der Waals surface area contributed by atoms with Crippen LogP contribution in [-0.4, -0.2) is 35.6 Å². The Hall–Kier alpha value is -2.08. The first kappa shape index (κ1) is 15.3. The van der Waals surface area contributed by atoms with E-state index in [1.54, 1.807) is 13.8 Å². The molecule has 0 saturated heterocycles. The van der Waals surface area contributed by atoms with Crippen molar-refractivity contribution in [1.82, 2.24) is 0 Å². The average Bonchev–Trinajstić information content (AvgIpc) is 2.75. The number of carbonyl (C=O) groups excluding carboxylic acids is 1. The highest BCUT2D eigenvalue weighted by Crippen LogP contribution is 2.25. The number of aliphatic imine (C=N–C) groups is 1. The van der Waals surface area contributed by atoms with Crippen LogP contribution >= 0.6 is 0 Å². The number of hydrogen-bond acceptors (Lipinski definition) is 4. The molecule has 0 bridgehead atoms. The van der Waals surface area contributed by atoms with Gasteiger partial charge in [-0.05, 0) is 44.5 Å². The maximum atomic E-state index is 12.9. The van der Waals surface area contributed by atoms with Crippen molar-refractivity contribution in [2.24, 2.45) is 16.0 Å². The molecular formula is C15H18FN3O2. The third-order valence-electron chi connectivity index (χ3n) is 3.30. The summed E-state index contributed by atoms with van der Waals surface area (Å²) in [6.07, 6.45) is 0.566. The van der Waals surface area contributed by atoms with Gasteiger partial charge in [0.25, 0.3) is 5.91 Å². The van der Waals surface area contributed by atoms with E-state index in [1.807, 2.05) is 0 Å². The van der Waals surface area contributed by atoms with Gasteiger partial charge in [0.1, 0.15) is 11.7 Å². The van der Waals surface area contributed by atoms with Crippen molar-refractivity contribution >= 4 is 23.0 Å². The molecule has 0 aromatic heterocycles. The second kappa shape index (κ2) is 6.58. The van der Waals surface area contributed by atoms with E-state index in [0.717, 1.165) is 0 Å². The first-order valence-corrected chi connectivity index (χ1v) is 6.81. The lowest BCUT2D eigenvalue weighted by Gasteiger charge is -2.14. The highest BCUT2D eigenvalue weighted by molar-refractivity contribution is 6.27. The smallest absolute Gasteiger partial charge is 0.261 e. The third-order valence-corrected chi connectivity index (χ3v) is 3.30. The van der Waals surface area contributed by atoms with E-state index in [2.05, 4.69) is 10.1 Å². The molecule has 1 amide bonds. The van der Waals surface area contributed by atoms with Crippen molar-refractivity contribution in [2.45, 2.75) is 20.3 Å². The molecular weight excluding hydrogens is 273 g/mol. The Labute approximate surface area is 122 Å². The van der Waals surface area contributed by atoms with E-state index >= 15 is 0 Å². The number of hydrazone groups is 1. The Morgan fingerprint density at radius 3 is 2.71 bits per heavy atom. The van der Waals surface area contributed by atoms with Crippen molar-refractivity contribution in [3.8, 4) is 0 Å². The quantitative estimate of drug-likeness (QED) is 0.666. The predicted octanol–water partition coefficient (Wildman–Crippen LogP) is 2.01. The highest BCUT2D eigenvalue weighted by atomic mass is 19.1. The number of benzene rings is 1. The van der Waals surface area contributed by atoms with Crippen LogP contribution in [0.2, 0.25) is 0 Å². The van der Waals surface area contributed by atoms with Crippen LogP contribution in [0.15, 0.2) is 34.4 Å². The molecule has 0 spiro atoms. The first-order valence-electron chi connectivity index (χ1n) is 6.81. The summed E-state index contributed by atoms with van der Waals surface area (Å²) < 4.78 is 12.9. The van der Waals surface area contributed by atoms with Crippen molar-refractivity contribution < 1.29 is 14.3 Å². The van der Waals surface area contributed by atoms with Gasteiger partial charge in [0.2, 0.25) is 0 Å². The Balaban J connectivity index is 2.18. The third kappa shape index (κ3) is 3.33. The molecule has 1 aromatic rings. The van der Waals surface area contributed by atoms with Crippen LogP contribution in [0.1, 0.15) is 20.3 Å². The number of aliphatic hydroxyl groups excluding tert-OH is 1. The molecule has 0 saturated carbocycles. The van der Waals surface area contributed by atoms with Crippen molar-refractivity contribution in [3.05, 3.63) is 30.1 Å². The van der Waals surface area contributed by atoms with Crippen LogP contribution in [0.5, 0.6) is 0 Å². The van der Waals surface area contributed by atoms with Gasteiger partial charge in [-0.25, -0.2) is 4.39 Å². The molecule has 1 heterocycles. The molecule has 0 aliphatic carbocycles. The van der Waals surface area contributed by atoms with E-state index < -0.39 is 5.92 Å². The van der Waals surface area contributed by atoms with Crippen LogP contribution < -0.4 is 5.01 Å². The summed E-state index contributed by atoms with van der Waals surface area (Å²) in [4.78, 5) is 16.8. The van der Waals surface area contributed by atoms with Gasteiger partial charge in [-0.15, -0.1) is 0 Å². The summed E-state index contributed by atoms with van der Waals surface area (Å²) in [5, 5.41) is 14.3. The lowest BCUT2D eigenvalue weighted by atomic mass is 9.99. The van der Waals surface area contributed by atoms with E-state index in [-0.39, 0.29) is 18.3 Å². The highest BCUT2D eigenvalue weighted by Gasteiger charge is 2.36. The fourth-order valence-corrected chi connectivity index (χ4v) is 2.23. The number of anilines is 1. The summed E-state index contributed by atoms with van der Waals surface area (Å²) in [5.74, 6) is -1.03. The Morgan fingerprint density at radius 2 is 2.10 bits per heavy atom. The monoisotopic (exact) mass is 291 g/mol. The zero-order chi connectivity index (χ0) is 15.4. The minimum absolute atomic E-state index is 0.0736. The molecule has 6 heteroatoms. The topological polar surface area (TPSA) is 65.3 Å². The zero-order valence-electron chi connectivity index (χ0n) is 12.1. The molecule has 21 heavy (non-hydrogen) atoms. The Kier molecular flexibility index (Phi) is 4.80. The molecule has 2 rings (SSSR count). The summed E-state index contributed by atoms with van der Waals surface area (Å²) in [7, 11) is 0. The molecule has 0 radical (unpaired) electrons. The second-order valence-corrected chi connectivity index (χ2v) is 4.90. The molecule has 1 atom stereocenters. The van der Waals surface area contributed by atoms with Gasteiger partial charge in [-0.1, -0.05) is 0 Å². The maximum absolute atomic E-state index is 12.9. The van der Waals surface area contributed by atoms with Gasteiger partial charge in [0.15, 0.2) is 0 Å². The normalized spacial score (nSPS) is 19.1. The van der Waals surface area contributed by atoms with Gasteiger partial charge in [0.05, 0.1) is 11.4 Å². The molecule has 0 unspecified atom stereocenters. The van der Waals surface area contributed by atoms with Crippen LogP contribution in [0.3, 0.4) is 0 Å². The van der Waals surface area contributed by atoms with Crippen LogP contribution in [0.25, 0.3) is 0 Å². The molecule has 1 N–H and O–H groups in total. The molecule has 112 valence electrons. The molecule has 1 aliphatic rings. The standard InChI is InChI=1S/C15H18FN3O2/c1-10(17-8-3-9-20)14-11(2)18-19(15(14)21)13-6-4-12(16)5-7-13/h4-7,14,20H,3,8-9H2,1-2H3/t14-/m1/s1. The fourth-order valence-electron chi connectivity index (χ4n) is 2.23. The van der Waals surface area contributed by atoms with Crippen molar-refractivity contribution in [1.29, 1.82) is 0 Å². The summed E-state index contributed by atoms with van der Waals surface area (Å²) in [5.41, 5.74) is 1.88. The zero-order valence-corrected chi connectivity index (χ0v) is 12.1. The van der Waals surface area contributed by atoms with E-state index in [9.17, 15) is 9.18 Å². The first-order chi connectivity index (χ1) is 10.0. The molecule has 5 nitrogen and oxygen atoms in total. The lowest BCUT2D eigenvalue weighted by molar-refractivity contribution is -0.118. The molecule has 0 fully saturated rings. The SMILES string of the molecule is CC(=NCCCO)[C@H]1C(=O)N(c2ccc(F)cc2)N=C1C. The Morgan fingerprint density at radius 1 is 1.43 bits per heavy atom. The van der Waals surface area contributed by atoms with Crippen LogP contribution in [0, 0.1) is 11.7 Å². The van der Waals surface area contributed by atoms with Crippen LogP contribution in [0.4, 0.5) is 10.1 Å². The number of aliphatic hydroxyl groups is 1. The average molecular weight is 291 g/mol. The number of hydrogen-bond donors (Lipinski definition) is 1. The molecule has 1 aliphatic heterocycles. The Bertz CT molecular complexity index is 581. The van der Waals surface area contributed by atoms with Gasteiger partial charge < -0.3 is 5.11 Å². The summed E-state index contributed by atoms with van der Waals surface area (Å²) in [6.45, 7) is 4.12. The summed E-state index contributed by atoms with van der Waals surface area (Å²) >= 11 is 0. The molecule has 1 aromatic carbocycles. The van der Waals surface area contributed by atoms with E-state index in [1.165, 1.54) is 29.3 Å². The minimum atomic E-state index is -0.478. The van der Waals surface area contributed by atoms with Gasteiger partial charge in [-0.2, -0.15) is 10.1 Å². The lowest BCUT2D eigenvalue weighted by Crippen LogP contribution is -2.31.